The molecule has 0 aliphatic carbocycles. The molecule has 0 saturated carbocycles. The molecule has 0 aromatic heterocycles. The number of halogens is 3. The summed E-state index contributed by atoms with van der Waals surface area (Å²) >= 11 is 0. The molecule has 0 spiro atoms. The Morgan fingerprint density at radius 1 is 1.09 bits per heavy atom. The molecule has 2 aromatic carbocycles. The van der Waals surface area contributed by atoms with Crippen molar-refractivity contribution in [2.75, 3.05) is 45.2 Å². The summed E-state index contributed by atoms with van der Waals surface area (Å²) in [6, 6.07) is 13.7. The monoisotopic (exact) mass is 604 g/mol. The molecule has 2 N–H and O–H groups in total. The van der Waals surface area contributed by atoms with Crippen molar-refractivity contribution in [3.8, 4) is 18.6 Å². The number of nitrogens with zero attached hydrogens (tertiary/aromatic N) is 2. The van der Waals surface area contributed by atoms with Crippen molar-refractivity contribution in [3.05, 3.63) is 59.7 Å². The van der Waals surface area contributed by atoms with Crippen LogP contribution in [0.3, 0.4) is 0 Å². The molecule has 1 heterocycles. The minimum atomic E-state index is -4.83. The molecule has 1 fully saturated rings. The molecule has 1 aliphatic rings. The normalized spacial score (nSPS) is 14.5. The van der Waals surface area contributed by atoms with Crippen molar-refractivity contribution in [2.45, 2.75) is 57.9 Å². The largest absolute Gasteiger partial charge is 0.478 e. The maximum atomic E-state index is 14.1. The number of piperidine rings is 1. The van der Waals surface area contributed by atoms with Gasteiger partial charge in [0.25, 0.3) is 5.91 Å². The number of amides is 2. The van der Waals surface area contributed by atoms with Gasteiger partial charge in [0.15, 0.2) is 11.9 Å². The topological polar surface area (TPSA) is 91.0 Å². The van der Waals surface area contributed by atoms with Crippen molar-refractivity contribution in [3.63, 3.8) is 0 Å². The number of rotatable bonds is 10. The van der Waals surface area contributed by atoms with E-state index in [9.17, 15) is 27.6 Å². The van der Waals surface area contributed by atoms with Crippen LogP contribution in [0.25, 0.3) is 0 Å². The summed E-state index contributed by atoms with van der Waals surface area (Å²) in [7, 11) is 3.12. The van der Waals surface area contributed by atoms with Crippen LogP contribution in [0.2, 0.25) is 0 Å². The SMILES string of the molecule is C#C.CCC(=O)NCCN(C)c1cc(C(=O)N(C)[C@@H]2CCCNC2)c(C(F)(F)F)cc1OC(C)(C)C=O.c1ccccc1. The summed E-state index contributed by atoms with van der Waals surface area (Å²) in [4.78, 5) is 39.3. The first kappa shape index (κ1) is 37.0. The molecule has 1 saturated heterocycles. The maximum absolute atomic E-state index is 14.1. The second kappa shape index (κ2) is 17.8. The number of benzene rings is 2. The number of carbonyl (C=O) groups is 3. The molecule has 0 bridgehead atoms. The summed E-state index contributed by atoms with van der Waals surface area (Å²) in [6.45, 7) is 6.35. The van der Waals surface area contributed by atoms with Crippen LogP contribution in [-0.4, -0.2) is 74.9 Å². The highest BCUT2D eigenvalue weighted by Crippen LogP contribution is 2.41. The van der Waals surface area contributed by atoms with Crippen LogP contribution in [-0.2, 0) is 15.8 Å². The van der Waals surface area contributed by atoms with Gasteiger partial charge in [-0.15, -0.1) is 12.8 Å². The Hall–Kier alpha value is -4.04. The predicted molar refractivity (Wildman–Crippen MR) is 163 cm³/mol. The highest BCUT2D eigenvalue weighted by Gasteiger charge is 2.39. The lowest BCUT2D eigenvalue weighted by Crippen LogP contribution is -2.47. The van der Waals surface area contributed by atoms with Gasteiger partial charge in [0.2, 0.25) is 5.91 Å². The van der Waals surface area contributed by atoms with Gasteiger partial charge in [-0.1, -0.05) is 43.3 Å². The third-order valence-corrected chi connectivity index (χ3v) is 6.60. The third-order valence-electron chi connectivity index (χ3n) is 6.60. The number of alkyl halides is 3. The van der Waals surface area contributed by atoms with Gasteiger partial charge in [-0.05, 0) is 45.4 Å². The number of terminal acetylenes is 1. The van der Waals surface area contributed by atoms with Crippen molar-refractivity contribution in [2.24, 2.45) is 0 Å². The van der Waals surface area contributed by atoms with Crippen LogP contribution in [0.1, 0.15) is 56.0 Å². The van der Waals surface area contributed by atoms with Crippen LogP contribution in [0.4, 0.5) is 18.9 Å². The molecule has 8 nitrogen and oxygen atoms in total. The van der Waals surface area contributed by atoms with Gasteiger partial charge >= 0.3 is 6.18 Å². The number of aldehydes is 1. The Morgan fingerprint density at radius 3 is 2.14 bits per heavy atom. The highest BCUT2D eigenvalue weighted by molar-refractivity contribution is 5.97. The first-order chi connectivity index (χ1) is 20.3. The summed E-state index contributed by atoms with van der Waals surface area (Å²) in [5, 5.41) is 5.87. The molecule has 2 amide bonds. The second-order valence-corrected chi connectivity index (χ2v) is 10.4. The highest BCUT2D eigenvalue weighted by atomic mass is 19.4. The molecule has 0 unspecified atom stereocenters. The quantitative estimate of drug-likeness (QED) is 0.300. The van der Waals surface area contributed by atoms with Crippen LogP contribution >= 0.6 is 0 Å². The fraction of sp³-hybridized carbons (Fsp3) is 0.469. The zero-order valence-electron chi connectivity index (χ0n) is 25.5. The van der Waals surface area contributed by atoms with Crippen molar-refractivity contribution < 1.29 is 32.3 Å². The van der Waals surface area contributed by atoms with Gasteiger partial charge in [-0.3, -0.25) is 14.4 Å². The summed E-state index contributed by atoms with van der Waals surface area (Å²) in [5.41, 5.74) is -2.82. The zero-order chi connectivity index (χ0) is 32.6. The summed E-state index contributed by atoms with van der Waals surface area (Å²) in [5.74, 6) is -1.10. The molecular weight excluding hydrogens is 561 g/mol. The molecule has 43 heavy (non-hydrogen) atoms. The van der Waals surface area contributed by atoms with E-state index < -0.39 is 28.8 Å². The molecule has 11 heteroatoms. The molecular formula is C32H43F3N4O4. The van der Waals surface area contributed by atoms with E-state index >= 15 is 0 Å². The Morgan fingerprint density at radius 2 is 1.67 bits per heavy atom. The lowest BCUT2D eigenvalue weighted by molar-refractivity contribution is -0.138. The number of hydrogen-bond donors (Lipinski definition) is 2. The van der Waals surface area contributed by atoms with Gasteiger partial charge < -0.3 is 25.2 Å². The van der Waals surface area contributed by atoms with Gasteiger partial charge in [0.1, 0.15) is 5.75 Å². The second-order valence-electron chi connectivity index (χ2n) is 10.4. The molecule has 1 aliphatic heterocycles. The predicted octanol–water partition coefficient (Wildman–Crippen LogP) is 4.78. The molecule has 236 valence electrons. The van der Waals surface area contributed by atoms with Gasteiger partial charge in [-0.2, -0.15) is 13.2 Å². The van der Waals surface area contributed by atoms with Crippen molar-refractivity contribution in [1.82, 2.24) is 15.5 Å². The van der Waals surface area contributed by atoms with E-state index in [1.807, 2.05) is 36.4 Å². The fourth-order valence-corrected chi connectivity index (χ4v) is 4.18. The molecule has 3 rings (SSSR count). The standard InChI is InChI=1S/C24H35F3N4O4.C6H6.C2H2/c1-6-21(33)29-10-11-30(4)19-12-17(22(34)31(5)16-8-7-9-28-14-16)18(24(25,26)27)13-20(19)35-23(2,3)15-32;1-2-4-6-5-3-1;1-2/h12-13,15-16,28H,6-11,14H2,1-5H3,(H,29,33);1-6H;1-2H/t16-;;/m1../s1. The van der Waals surface area contributed by atoms with Crippen molar-refractivity contribution >= 4 is 23.8 Å². The average molecular weight is 605 g/mol. The van der Waals surface area contributed by atoms with E-state index in [1.165, 1.54) is 25.8 Å². The Kier molecular flexibility index (Phi) is 15.3. The number of nitrogens with one attached hydrogen (secondary N) is 2. The lowest BCUT2D eigenvalue weighted by Gasteiger charge is -2.33. The minimum absolute atomic E-state index is 0.164. The average Bonchev–Trinajstić information content (AvgIpc) is 3.02. The minimum Gasteiger partial charge on any atom is -0.478 e. The van der Waals surface area contributed by atoms with E-state index in [1.54, 1.807) is 18.9 Å². The lowest BCUT2D eigenvalue weighted by atomic mass is 10.0. The van der Waals surface area contributed by atoms with Gasteiger partial charge in [-0.25, -0.2) is 0 Å². The van der Waals surface area contributed by atoms with E-state index in [0.29, 0.717) is 25.7 Å². The number of anilines is 1. The Balaban J connectivity index is 0.00000101. The van der Waals surface area contributed by atoms with Gasteiger partial charge in [0.05, 0.1) is 16.8 Å². The Labute approximate surface area is 253 Å². The maximum Gasteiger partial charge on any atom is 0.417 e. The third kappa shape index (κ3) is 12.0. The van der Waals surface area contributed by atoms with Crippen LogP contribution < -0.4 is 20.3 Å². The zero-order valence-corrected chi connectivity index (χ0v) is 25.5. The van der Waals surface area contributed by atoms with E-state index in [0.717, 1.165) is 25.1 Å². The van der Waals surface area contributed by atoms with Gasteiger partial charge in [0, 0.05) is 46.2 Å². The fourth-order valence-electron chi connectivity index (χ4n) is 4.18. The number of hydrogen-bond acceptors (Lipinski definition) is 6. The van der Waals surface area contributed by atoms with E-state index in [4.69, 9.17) is 4.74 Å². The first-order valence-corrected chi connectivity index (χ1v) is 14.0. The number of ether oxygens (including phenoxy) is 1. The smallest absolute Gasteiger partial charge is 0.417 e. The van der Waals surface area contributed by atoms with E-state index in [-0.39, 0.29) is 36.5 Å². The van der Waals surface area contributed by atoms with E-state index in [2.05, 4.69) is 23.5 Å². The van der Waals surface area contributed by atoms with Crippen LogP contribution in [0, 0.1) is 12.8 Å². The summed E-state index contributed by atoms with van der Waals surface area (Å²) in [6.07, 6.45) is 5.47. The molecule has 2 aromatic rings. The van der Waals surface area contributed by atoms with Crippen molar-refractivity contribution in [1.29, 1.82) is 0 Å². The first-order valence-electron chi connectivity index (χ1n) is 14.0. The molecule has 1 atom stereocenters. The van der Waals surface area contributed by atoms with Crippen LogP contribution in [0.15, 0.2) is 48.5 Å². The Bertz CT molecular complexity index is 1150. The van der Waals surface area contributed by atoms with Crippen LogP contribution in [0.5, 0.6) is 5.75 Å². The molecule has 0 radical (unpaired) electrons. The summed E-state index contributed by atoms with van der Waals surface area (Å²) < 4.78 is 48.0. The number of carbonyl (C=O) groups excluding carboxylic acids is 3. The number of likely N-dealkylation sites (N-methyl/N-ethyl adjacent to an activating group) is 2.